The van der Waals surface area contributed by atoms with Crippen LogP contribution in [0.3, 0.4) is 0 Å². The monoisotopic (exact) mass is 195 g/mol. The first-order valence-electron chi connectivity index (χ1n) is 4.11. The first-order valence-corrected chi connectivity index (χ1v) is 4.11. The fourth-order valence-electron chi connectivity index (χ4n) is 0.936. The maximum Gasteiger partial charge on any atom is 0.322 e. The van der Waals surface area contributed by atoms with Gasteiger partial charge in [-0.3, -0.25) is 9.59 Å². The molecule has 0 aliphatic carbocycles. The molecule has 0 aliphatic rings. The summed E-state index contributed by atoms with van der Waals surface area (Å²) in [6, 6.07) is 5.43. The summed E-state index contributed by atoms with van der Waals surface area (Å²) in [6.07, 6.45) is 3.47. The van der Waals surface area contributed by atoms with E-state index in [1.165, 1.54) is 0 Å². The van der Waals surface area contributed by atoms with E-state index in [1.54, 1.807) is 29.1 Å². The molecule has 0 unspecified atom stereocenters. The van der Waals surface area contributed by atoms with E-state index in [0.29, 0.717) is 0 Å². The van der Waals surface area contributed by atoms with E-state index >= 15 is 0 Å². The van der Waals surface area contributed by atoms with Gasteiger partial charge in [-0.15, -0.1) is 0 Å². The summed E-state index contributed by atoms with van der Waals surface area (Å²) in [5, 5.41) is 10.6. The van der Waals surface area contributed by atoms with Gasteiger partial charge < -0.3 is 10.4 Å². The first kappa shape index (κ1) is 10.2. The number of nitrogens with one attached hydrogen (secondary N) is 1. The smallest absolute Gasteiger partial charge is 0.322 e. The number of pyridine rings is 1. The van der Waals surface area contributed by atoms with Crippen molar-refractivity contribution in [3.8, 4) is 0 Å². The Morgan fingerprint density at radius 3 is 2.43 bits per heavy atom. The van der Waals surface area contributed by atoms with Crippen LogP contribution in [0.4, 0.5) is 0 Å². The SMILES string of the molecule is O=C(O)CNC(=O)C[n+]1ccccc1. The minimum absolute atomic E-state index is 0.133. The van der Waals surface area contributed by atoms with Crippen molar-refractivity contribution in [3.05, 3.63) is 30.6 Å². The van der Waals surface area contributed by atoms with Crippen molar-refractivity contribution < 1.29 is 19.3 Å². The molecular formula is C9H11N2O3+. The standard InChI is InChI=1S/C9H10N2O3/c12-8(10-6-9(13)14)7-11-4-2-1-3-5-11/h1-5H,6-7H2,(H-,10,12,13,14)/p+1. The predicted octanol–water partition coefficient (Wildman–Crippen LogP) is -0.825. The van der Waals surface area contributed by atoms with Crippen LogP contribution < -0.4 is 9.88 Å². The third-order valence-corrected chi connectivity index (χ3v) is 1.54. The van der Waals surface area contributed by atoms with Crippen molar-refractivity contribution in [1.29, 1.82) is 0 Å². The molecule has 1 heterocycles. The van der Waals surface area contributed by atoms with Crippen molar-refractivity contribution >= 4 is 11.9 Å². The fourth-order valence-corrected chi connectivity index (χ4v) is 0.936. The van der Waals surface area contributed by atoms with Crippen LogP contribution in [-0.2, 0) is 16.1 Å². The Bertz CT molecular complexity index is 324. The van der Waals surface area contributed by atoms with E-state index in [4.69, 9.17) is 5.11 Å². The minimum Gasteiger partial charge on any atom is -0.480 e. The van der Waals surface area contributed by atoms with Crippen molar-refractivity contribution in [2.45, 2.75) is 6.54 Å². The molecule has 0 aliphatic heterocycles. The summed E-state index contributed by atoms with van der Waals surface area (Å²) in [5.41, 5.74) is 0. The number of carbonyl (C=O) groups excluding carboxylic acids is 1. The summed E-state index contributed by atoms with van der Waals surface area (Å²) in [4.78, 5) is 21.3. The quantitative estimate of drug-likeness (QED) is 0.616. The van der Waals surface area contributed by atoms with Crippen LogP contribution in [0.1, 0.15) is 0 Å². The van der Waals surface area contributed by atoms with Gasteiger partial charge in [0, 0.05) is 12.1 Å². The molecule has 0 atom stereocenters. The fraction of sp³-hybridized carbons (Fsp3) is 0.222. The van der Waals surface area contributed by atoms with E-state index in [2.05, 4.69) is 5.32 Å². The second-order valence-corrected chi connectivity index (χ2v) is 2.72. The molecule has 74 valence electrons. The number of nitrogens with zero attached hydrogens (tertiary/aromatic N) is 1. The molecule has 2 N–H and O–H groups in total. The number of hydrogen-bond donors (Lipinski definition) is 2. The van der Waals surface area contributed by atoms with Gasteiger partial charge in [-0.25, -0.2) is 0 Å². The Labute approximate surface area is 81.0 Å². The lowest BCUT2D eigenvalue weighted by molar-refractivity contribution is -0.684. The van der Waals surface area contributed by atoms with Gasteiger partial charge in [0.2, 0.25) is 6.54 Å². The van der Waals surface area contributed by atoms with Gasteiger partial charge in [-0.05, 0) is 0 Å². The third-order valence-electron chi connectivity index (χ3n) is 1.54. The van der Waals surface area contributed by atoms with Gasteiger partial charge in [0.25, 0.3) is 5.91 Å². The molecule has 1 aromatic heterocycles. The lowest BCUT2D eigenvalue weighted by Crippen LogP contribution is -2.43. The zero-order valence-electron chi connectivity index (χ0n) is 7.51. The highest BCUT2D eigenvalue weighted by Crippen LogP contribution is 1.77. The van der Waals surface area contributed by atoms with Crippen LogP contribution in [0.25, 0.3) is 0 Å². The molecule has 1 aromatic rings. The van der Waals surface area contributed by atoms with Gasteiger partial charge in [0.05, 0.1) is 0 Å². The first-order chi connectivity index (χ1) is 6.68. The Hall–Kier alpha value is -1.91. The van der Waals surface area contributed by atoms with Crippen LogP contribution in [0.15, 0.2) is 30.6 Å². The van der Waals surface area contributed by atoms with Crippen molar-refractivity contribution in [2.24, 2.45) is 0 Å². The van der Waals surface area contributed by atoms with Crippen molar-refractivity contribution in [1.82, 2.24) is 5.32 Å². The molecular weight excluding hydrogens is 184 g/mol. The minimum atomic E-state index is -1.04. The van der Waals surface area contributed by atoms with E-state index in [0.717, 1.165) is 0 Å². The zero-order valence-corrected chi connectivity index (χ0v) is 7.51. The maximum atomic E-state index is 11.1. The summed E-state index contributed by atoms with van der Waals surface area (Å²) < 4.78 is 1.66. The van der Waals surface area contributed by atoms with E-state index in [9.17, 15) is 9.59 Å². The number of rotatable bonds is 4. The van der Waals surface area contributed by atoms with Gasteiger partial charge in [0.15, 0.2) is 12.4 Å². The van der Waals surface area contributed by atoms with E-state index in [1.807, 2.05) is 6.07 Å². The van der Waals surface area contributed by atoms with Gasteiger partial charge >= 0.3 is 5.97 Å². The molecule has 5 nitrogen and oxygen atoms in total. The number of aromatic nitrogens is 1. The Morgan fingerprint density at radius 1 is 1.21 bits per heavy atom. The van der Waals surface area contributed by atoms with E-state index < -0.39 is 5.97 Å². The lowest BCUT2D eigenvalue weighted by Gasteiger charge is -1.98. The molecule has 0 aromatic carbocycles. The molecule has 1 rings (SSSR count). The summed E-state index contributed by atoms with van der Waals surface area (Å²) >= 11 is 0. The Morgan fingerprint density at radius 2 is 1.86 bits per heavy atom. The van der Waals surface area contributed by atoms with Crippen molar-refractivity contribution in [2.75, 3.05) is 6.54 Å². The van der Waals surface area contributed by atoms with Crippen LogP contribution >= 0.6 is 0 Å². The highest BCUT2D eigenvalue weighted by atomic mass is 16.4. The lowest BCUT2D eigenvalue weighted by atomic mass is 10.4. The van der Waals surface area contributed by atoms with Gasteiger partial charge in [0.1, 0.15) is 6.54 Å². The average molecular weight is 195 g/mol. The number of hydrogen-bond acceptors (Lipinski definition) is 2. The molecule has 0 spiro atoms. The van der Waals surface area contributed by atoms with E-state index in [-0.39, 0.29) is 19.0 Å². The molecule has 1 amide bonds. The third kappa shape index (κ3) is 3.66. The number of carboxylic acid groups (broad SMARTS) is 1. The topological polar surface area (TPSA) is 70.3 Å². The maximum absolute atomic E-state index is 11.1. The number of amides is 1. The van der Waals surface area contributed by atoms with Crippen LogP contribution in [0.5, 0.6) is 0 Å². The van der Waals surface area contributed by atoms with Gasteiger partial charge in [-0.2, -0.15) is 4.57 Å². The number of carboxylic acids is 1. The largest absolute Gasteiger partial charge is 0.480 e. The summed E-state index contributed by atoms with van der Waals surface area (Å²) in [5.74, 6) is -1.36. The molecule has 0 fully saturated rings. The molecule has 14 heavy (non-hydrogen) atoms. The second kappa shape index (κ2) is 4.96. The van der Waals surface area contributed by atoms with Gasteiger partial charge in [-0.1, -0.05) is 6.07 Å². The number of aliphatic carboxylic acids is 1. The van der Waals surface area contributed by atoms with Crippen LogP contribution in [-0.4, -0.2) is 23.5 Å². The zero-order chi connectivity index (χ0) is 10.4. The molecule has 5 heteroatoms. The summed E-state index contributed by atoms with van der Waals surface area (Å²) in [6.45, 7) is -0.208. The average Bonchev–Trinajstić information content (AvgIpc) is 2.16. The molecule has 0 radical (unpaired) electrons. The van der Waals surface area contributed by atoms with Crippen LogP contribution in [0, 0.1) is 0 Å². The highest BCUT2D eigenvalue weighted by Gasteiger charge is 2.08. The molecule has 0 saturated carbocycles. The predicted molar refractivity (Wildman–Crippen MR) is 47.3 cm³/mol. The normalized spacial score (nSPS) is 9.43. The second-order valence-electron chi connectivity index (χ2n) is 2.72. The Balaban J connectivity index is 2.38. The summed E-state index contributed by atoms with van der Waals surface area (Å²) in [7, 11) is 0. The number of carbonyl (C=O) groups is 2. The van der Waals surface area contributed by atoms with Crippen LogP contribution in [0.2, 0.25) is 0 Å². The Kier molecular flexibility index (Phi) is 3.60. The van der Waals surface area contributed by atoms with Crippen molar-refractivity contribution in [3.63, 3.8) is 0 Å². The molecule has 0 bridgehead atoms. The molecule has 0 saturated heterocycles. The highest BCUT2D eigenvalue weighted by molar-refractivity contribution is 5.80.